The fourth-order valence-corrected chi connectivity index (χ4v) is 3.93. The summed E-state index contributed by atoms with van der Waals surface area (Å²) in [5.41, 5.74) is 0.610. The smallest absolute Gasteiger partial charge is 0.335 e. The van der Waals surface area contributed by atoms with Crippen LogP contribution in [-0.4, -0.2) is 15.3 Å². The second-order valence-corrected chi connectivity index (χ2v) is 6.21. The molecule has 2 aromatic carbocycles. The summed E-state index contributed by atoms with van der Waals surface area (Å²) in [6.45, 7) is 0. The molecular formula is C14H10Cl2O3S. The molecule has 1 atom stereocenters. The molecule has 0 aliphatic heterocycles. The van der Waals surface area contributed by atoms with E-state index in [1.165, 1.54) is 6.07 Å². The second kappa shape index (κ2) is 6.39. The summed E-state index contributed by atoms with van der Waals surface area (Å²) in [6, 6.07) is 11.3. The lowest BCUT2D eigenvalue weighted by atomic mass is 10.1. The highest BCUT2D eigenvalue weighted by atomic mass is 35.5. The highest BCUT2D eigenvalue weighted by Gasteiger charge is 2.17. The van der Waals surface area contributed by atoms with E-state index in [0.717, 1.165) is 0 Å². The topological polar surface area (TPSA) is 54.4 Å². The molecule has 0 aliphatic carbocycles. The van der Waals surface area contributed by atoms with Gasteiger partial charge in [0.2, 0.25) is 0 Å². The highest BCUT2D eigenvalue weighted by molar-refractivity contribution is 7.84. The molecule has 0 bridgehead atoms. The van der Waals surface area contributed by atoms with Gasteiger partial charge in [0.1, 0.15) is 0 Å². The fourth-order valence-electron chi connectivity index (χ4n) is 1.77. The van der Waals surface area contributed by atoms with Crippen LogP contribution >= 0.6 is 23.2 Å². The van der Waals surface area contributed by atoms with E-state index in [2.05, 4.69) is 0 Å². The monoisotopic (exact) mass is 328 g/mol. The average Bonchev–Trinajstić information content (AvgIpc) is 2.38. The van der Waals surface area contributed by atoms with Crippen LogP contribution in [-0.2, 0) is 16.6 Å². The third kappa shape index (κ3) is 3.20. The van der Waals surface area contributed by atoms with E-state index in [1.54, 1.807) is 36.4 Å². The molecular weight excluding hydrogens is 319 g/mol. The number of carboxylic acid groups (broad SMARTS) is 1. The van der Waals surface area contributed by atoms with Crippen LogP contribution in [0.1, 0.15) is 15.9 Å². The van der Waals surface area contributed by atoms with Crippen molar-refractivity contribution < 1.29 is 14.1 Å². The minimum Gasteiger partial charge on any atom is -0.478 e. The normalized spacial score (nSPS) is 12.1. The lowest BCUT2D eigenvalue weighted by Crippen LogP contribution is -2.05. The summed E-state index contributed by atoms with van der Waals surface area (Å²) < 4.78 is 12.4. The molecule has 0 radical (unpaired) electrons. The first-order valence-corrected chi connectivity index (χ1v) is 7.71. The molecule has 20 heavy (non-hydrogen) atoms. The van der Waals surface area contributed by atoms with Crippen LogP contribution in [0.4, 0.5) is 0 Å². The predicted octanol–water partition coefficient (Wildman–Crippen LogP) is 4.00. The second-order valence-electron chi connectivity index (χ2n) is 4.00. The summed E-state index contributed by atoms with van der Waals surface area (Å²) in [5.74, 6) is -1.01. The molecule has 1 unspecified atom stereocenters. The average molecular weight is 329 g/mol. The van der Waals surface area contributed by atoms with Crippen molar-refractivity contribution in [3.05, 3.63) is 63.6 Å². The zero-order chi connectivity index (χ0) is 14.7. The number of aromatic carboxylic acids is 1. The Balaban J connectivity index is 2.36. The maximum atomic E-state index is 12.4. The largest absolute Gasteiger partial charge is 0.478 e. The Labute approximate surface area is 128 Å². The fraction of sp³-hybridized carbons (Fsp3) is 0.0714. The van der Waals surface area contributed by atoms with Crippen molar-refractivity contribution in [3.8, 4) is 0 Å². The molecule has 2 aromatic rings. The van der Waals surface area contributed by atoms with Crippen molar-refractivity contribution >= 4 is 40.0 Å². The first-order chi connectivity index (χ1) is 9.50. The van der Waals surface area contributed by atoms with Crippen LogP contribution in [0.15, 0.2) is 47.4 Å². The van der Waals surface area contributed by atoms with Gasteiger partial charge in [-0.1, -0.05) is 47.5 Å². The van der Waals surface area contributed by atoms with E-state index in [-0.39, 0.29) is 11.3 Å². The summed E-state index contributed by atoms with van der Waals surface area (Å²) in [7, 11) is -1.51. The van der Waals surface area contributed by atoms with Gasteiger partial charge in [0, 0.05) is 0 Å². The van der Waals surface area contributed by atoms with E-state index in [1.807, 2.05) is 0 Å². The van der Waals surface area contributed by atoms with Crippen LogP contribution < -0.4 is 0 Å². The summed E-state index contributed by atoms with van der Waals surface area (Å²) in [6.07, 6.45) is 0. The third-order valence-electron chi connectivity index (χ3n) is 2.68. The van der Waals surface area contributed by atoms with Gasteiger partial charge < -0.3 is 5.11 Å². The molecule has 2 rings (SSSR count). The lowest BCUT2D eigenvalue weighted by molar-refractivity contribution is 0.0696. The first-order valence-electron chi connectivity index (χ1n) is 5.64. The molecule has 104 valence electrons. The molecule has 0 saturated heterocycles. The number of carboxylic acids is 1. The highest BCUT2D eigenvalue weighted by Crippen LogP contribution is 2.29. The summed E-state index contributed by atoms with van der Waals surface area (Å²) in [5, 5.41) is 9.73. The van der Waals surface area contributed by atoms with E-state index in [9.17, 15) is 9.00 Å². The molecule has 3 nitrogen and oxygen atoms in total. The van der Waals surface area contributed by atoms with Gasteiger partial charge in [-0.15, -0.1) is 0 Å². The Morgan fingerprint density at radius 3 is 2.25 bits per heavy atom. The molecule has 6 heteroatoms. The van der Waals surface area contributed by atoms with Gasteiger partial charge >= 0.3 is 5.97 Å². The van der Waals surface area contributed by atoms with Gasteiger partial charge in [-0.25, -0.2) is 4.79 Å². The van der Waals surface area contributed by atoms with Crippen molar-refractivity contribution in [3.63, 3.8) is 0 Å². The van der Waals surface area contributed by atoms with Crippen molar-refractivity contribution in [1.82, 2.24) is 0 Å². The minimum atomic E-state index is -1.51. The predicted molar refractivity (Wildman–Crippen MR) is 80.0 cm³/mol. The molecule has 0 aromatic heterocycles. The van der Waals surface area contributed by atoms with Crippen LogP contribution in [0.25, 0.3) is 0 Å². The van der Waals surface area contributed by atoms with Crippen molar-refractivity contribution in [1.29, 1.82) is 0 Å². The number of hydrogen-bond acceptors (Lipinski definition) is 2. The molecule has 0 aliphatic rings. The quantitative estimate of drug-likeness (QED) is 0.922. The van der Waals surface area contributed by atoms with Crippen LogP contribution in [0.2, 0.25) is 10.0 Å². The zero-order valence-corrected chi connectivity index (χ0v) is 12.5. The van der Waals surface area contributed by atoms with E-state index >= 15 is 0 Å². The van der Waals surface area contributed by atoms with Crippen LogP contribution in [0, 0.1) is 0 Å². The lowest BCUT2D eigenvalue weighted by Gasteiger charge is -2.09. The van der Waals surface area contributed by atoms with Gasteiger partial charge in [-0.2, -0.15) is 0 Å². The molecule has 1 N–H and O–H groups in total. The Hall–Kier alpha value is -1.36. The van der Waals surface area contributed by atoms with Gasteiger partial charge in [-0.3, -0.25) is 4.21 Å². The van der Waals surface area contributed by atoms with E-state index in [0.29, 0.717) is 20.5 Å². The van der Waals surface area contributed by atoms with E-state index in [4.69, 9.17) is 28.3 Å². The number of rotatable bonds is 4. The van der Waals surface area contributed by atoms with Gasteiger partial charge in [0.25, 0.3) is 0 Å². The maximum absolute atomic E-state index is 12.4. The minimum absolute atomic E-state index is 0.0475. The van der Waals surface area contributed by atoms with Gasteiger partial charge in [0.05, 0.1) is 37.1 Å². The van der Waals surface area contributed by atoms with Crippen LogP contribution in [0.3, 0.4) is 0 Å². The van der Waals surface area contributed by atoms with Crippen molar-refractivity contribution in [2.75, 3.05) is 0 Å². The summed E-state index contributed by atoms with van der Waals surface area (Å²) >= 11 is 12.0. The van der Waals surface area contributed by atoms with Crippen molar-refractivity contribution in [2.24, 2.45) is 0 Å². The Morgan fingerprint density at radius 1 is 1.05 bits per heavy atom. The molecule has 0 fully saturated rings. The number of carbonyl (C=O) groups is 1. The Bertz CT molecular complexity index is 666. The molecule has 0 spiro atoms. The Kier molecular flexibility index (Phi) is 4.81. The third-order valence-corrected chi connectivity index (χ3v) is 5.00. The number of benzene rings is 2. The zero-order valence-electron chi connectivity index (χ0n) is 10.2. The van der Waals surface area contributed by atoms with Gasteiger partial charge in [-0.05, 0) is 23.8 Å². The first kappa shape index (κ1) is 15.0. The number of halogens is 2. The van der Waals surface area contributed by atoms with Crippen molar-refractivity contribution in [2.45, 2.75) is 10.6 Å². The Morgan fingerprint density at radius 2 is 1.65 bits per heavy atom. The maximum Gasteiger partial charge on any atom is 0.335 e. The molecule has 0 heterocycles. The molecule has 0 saturated carbocycles. The summed E-state index contributed by atoms with van der Waals surface area (Å²) in [4.78, 5) is 11.5. The standard InChI is InChI=1S/C14H10Cl2O3S/c15-11-6-3-7-12(16)13(11)20(19)8-9-4-1-2-5-10(9)14(17)18/h1-7H,8H2,(H,17,18). The number of hydrogen-bond donors (Lipinski definition) is 1. The molecule has 0 amide bonds. The van der Waals surface area contributed by atoms with Crippen LogP contribution in [0.5, 0.6) is 0 Å². The van der Waals surface area contributed by atoms with E-state index < -0.39 is 16.8 Å². The van der Waals surface area contributed by atoms with Gasteiger partial charge in [0.15, 0.2) is 0 Å². The SMILES string of the molecule is O=C(O)c1ccccc1CS(=O)c1c(Cl)cccc1Cl.